The highest BCUT2D eigenvalue weighted by Crippen LogP contribution is 2.19. The maximum atomic E-state index is 13.3. The van der Waals surface area contributed by atoms with E-state index in [4.69, 9.17) is 0 Å². The Morgan fingerprint density at radius 2 is 2.10 bits per heavy atom. The van der Waals surface area contributed by atoms with Gasteiger partial charge in [-0.3, -0.25) is 20.2 Å². The molecule has 2 N–H and O–H groups in total. The molecule has 9 heteroatoms. The summed E-state index contributed by atoms with van der Waals surface area (Å²) < 4.78 is 51.4. The fraction of sp³-hybridized carbons (Fsp3) is 0.818. The normalized spacial score (nSPS) is 27.6. The van der Waals surface area contributed by atoms with Crippen molar-refractivity contribution in [1.82, 2.24) is 15.8 Å². The van der Waals surface area contributed by atoms with Crippen molar-refractivity contribution in [2.24, 2.45) is 4.99 Å². The minimum Gasteiger partial charge on any atom is -0.300 e. The molecule has 0 bridgehead atoms. The van der Waals surface area contributed by atoms with Crippen LogP contribution in [0.4, 0.5) is 17.6 Å². The van der Waals surface area contributed by atoms with E-state index in [1.807, 2.05) is 0 Å². The van der Waals surface area contributed by atoms with Crippen LogP contribution in [0.3, 0.4) is 0 Å². The Labute approximate surface area is 114 Å². The molecule has 0 radical (unpaired) electrons. The molecule has 0 aromatic heterocycles. The van der Waals surface area contributed by atoms with Crippen molar-refractivity contribution in [3.63, 3.8) is 0 Å². The van der Waals surface area contributed by atoms with E-state index in [-0.39, 0.29) is 13.0 Å². The Bertz CT molecular complexity index is 375. The van der Waals surface area contributed by atoms with Crippen molar-refractivity contribution in [1.29, 1.82) is 0 Å². The lowest BCUT2D eigenvalue weighted by molar-refractivity contribution is -0.126. The first-order valence-electron chi connectivity index (χ1n) is 6.22. The van der Waals surface area contributed by atoms with Gasteiger partial charge in [0.1, 0.15) is 6.17 Å². The van der Waals surface area contributed by atoms with Crippen LogP contribution in [0.5, 0.6) is 0 Å². The number of carbonyl (C=O) groups excluding carboxylic acids is 1. The van der Waals surface area contributed by atoms with Gasteiger partial charge in [0.2, 0.25) is 5.84 Å². The zero-order valence-corrected chi connectivity index (χ0v) is 11.5. The molecule has 1 heterocycles. The van der Waals surface area contributed by atoms with Crippen LogP contribution in [0.1, 0.15) is 20.3 Å². The van der Waals surface area contributed by atoms with Gasteiger partial charge < -0.3 is 5.32 Å². The van der Waals surface area contributed by atoms with Gasteiger partial charge in [-0.1, -0.05) is 0 Å². The highest BCUT2D eigenvalue weighted by atomic mass is 19.4. The fourth-order valence-corrected chi connectivity index (χ4v) is 1.93. The van der Waals surface area contributed by atoms with Crippen LogP contribution in [0.25, 0.3) is 0 Å². The summed E-state index contributed by atoms with van der Waals surface area (Å²) in [4.78, 5) is 15.1. The van der Waals surface area contributed by atoms with Crippen molar-refractivity contribution < 1.29 is 22.4 Å². The van der Waals surface area contributed by atoms with Crippen LogP contribution >= 0.6 is 0 Å². The molecular formula is C11H18F4N4O. The predicted molar refractivity (Wildman–Crippen MR) is 65.8 cm³/mol. The van der Waals surface area contributed by atoms with Crippen molar-refractivity contribution in [2.75, 3.05) is 13.6 Å². The summed E-state index contributed by atoms with van der Waals surface area (Å²) in [6.07, 6.45) is -5.92. The van der Waals surface area contributed by atoms with Crippen LogP contribution in [0, 0.1) is 0 Å². The molecule has 0 unspecified atom stereocenters. The Kier molecular flexibility index (Phi) is 5.32. The quantitative estimate of drug-likeness (QED) is 0.346. The molecule has 1 aliphatic heterocycles. The lowest BCUT2D eigenvalue weighted by atomic mass is 10.2. The van der Waals surface area contributed by atoms with E-state index in [0.29, 0.717) is 5.01 Å². The van der Waals surface area contributed by atoms with E-state index in [0.717, 1.165) is 7.05 Å². The van der Waals surface area contributed by atoms with Gasteiger partial charge in [-0.2, -0.15) is 13.2 Å². The minimum absolute atomic E-state index is 0.0624. The minimum atomic E-state index is -4.67. The largest absolute Gasteiger partial charge is 0.450 e. The van der Waals surface area contributed by atoms with Gasteiger partial charge in [-0.25, -0.2) is 4.39 Å². The standard InChI is InChI=1S/C11H18F4N4O/c1-4-16-10(11(13,14)15)19(3)18-9(20)8-5-7(12)6(2)17-8/h6-8,17H,4-5H2,1-3H3,(H,18,20)/t6-,7+,8-/m0/s1. The molecule has 1 aliphatic rings. The summed E-state index contributed by atoms with van der Waals surface area (Å²) >= 11 is 0. The Hall–Kier alpha value is -1.38. The third-order valence-electron chi connectivity index (χ3n) is 2.94. The van der Waals surface area contributed by atoms with Gasteiger partial charge in [0, 0.05) is 26.1 Å². The summed E-state index contributed by atoms with van der Waals surface area (Å²) in [5.41, 5.74) is 2.07. The lowest BCUT2D eigenvalue weighted by Gasteiger charge is -2.25. The zero-order chi connectivity index (χ0) is 15.5. The Morgan fingerprint density at radius 3 is 2.50 bits per heavy atom. The monoisotopic (exact) mass is 298 g/mol. The van der Waals surface area contributed by atoms with Crippen LogP contribution in [0.2, 0.25) is 0 Å². The first kappa shape index (κ1) is 16.7. The molecule has 0 aliphatic carbocycles. The van der Waals surface area contributed by atoms with E-state index in [1.54, 1.807) is 6.92 Å². The Balaban J connectivity index is 2.67. The number of carbonyl (C=O) groups is 1. The molecule has 0 aromatic rings. The average Bonchev–Trinajstić information content (AvgIpc) is 2.65. The third kappa shape index (κ3) is 4.06. The molecule has 1 fully saturated rings. The van der Waals surface area contributed by atoms with Crippen molar-refractivity contribution in [3.8, 4) is 0 Å². The maximum Gasteiger partial charge on any atom is 0.450 e. The van der Waals surface area contributed by atoms with Crippen molar-refractivity contribution in [3.05, 3.63) is 0 Å². The number of hydrazine groups is 1. The molecule has 116 valence electrons. The summed E-state index contributed by atoms with van der Waals surface area (Å²) in [5, 5.41) is 3.20. The molecule has 20 heavy (non-hydrogen) atoms. The van der Waals surface area contributed by atoms with E-state index in [2.05, 4.69) is 15.7 Å². The van der Waals surface area contributed by atoms with Gasteiger partial charge in [0.05, 0.1) is 6.04 Å². The molecular weight excluding hydrogens is 280 g/mol. The van der Waals surface area contributed by atoms with Gasteiger partial charge in [-0.05, 0) is 13.8 Å². The zero-order valence-electron chi connectivity index (χ0n) is 11.5. The molecule has 5 nitrogen and oxygen atoms in total. The van der Waals surface area contributed by atoms with Crippen LogP contribution < -0.4 is 10.7 Å². The van der Waals surface area contributed by atoms with E-state index >= 15 is 0 Å². The first-order valence-corrected chi connectivity index (χ1v) is 6.22. The van der Waals surface area contributed by atoms with Crippen LogP contribution in [-0.2, 0) is 4.79 Å². The molecule has 0 saturated carbocycles. The molecule has 1 rings (SSSR count). The molecule has 0 aromatic carbocycles. The molecule has 3 atom stereocenters. The second-order valence-corrected chi connectivity index (χ2v) is 4.59. The van der Waals surface area contributed by atoms with Gasteiger partial charge in [-0.15, -0.1) is 0 Å². The lowest BCUT2D eigenvalue weighted by Crippen LogP contribution is -2.53. The van der Waals surface area contributed by atoms with Gasteiger partial charge in [0.15, 0.2) is 0 Å². The maximum absolute atomic E-state index is 13.3. The van der Waals surface area contributed by atoms with E-state index in [9.17, 15) is 22.4 Å². The van der Waals surface area contributed by atoms with Crippen molar-refractivity contribution >= 4 is 11.7 Å². The number of nitrogens with one attached hydrogen (secondary N) is 2. The summed E-state index contributed by atoms with van der Waals surface area (Å²) in [7, 11) is 1.05. The molecule has 1 saturated heterocycles. The van der Waals surface area contributed by atoms with Crippen LogP contribution in [-0.4, -0.2) is 54.8 Å². The van der Waals surface area contributed by atoms with Gasteiger partial charge in [0.25, 0.3) is 5.91 Å². The first-order chi connectivity index (χ1) is 9.16. The number of hydrogen-bond acceptors (Lipinski definition) is 3. The second-order valence-electron chi connectivity index (χ2n) is 4.59. The summed E-state index contributed by atoms with van der Waals surface area (Å²) in [6, 6.07) is -1.35. The predicted octanol–water partition coefficient (Wildman–Crippen LogP) is 1.02. The van der Waals surface area contributed by atoms with Gasteiger partial charge >= 0.3 is 6.18 Å². The number of nitrogens with zero attached hydrogens (tertiary/aromatic N) is 2. The Morgan fingerprint density at radius 1 is 1.50 bits per heavy atom. The van der Waals surface area contributed by atoms with Crippen molar-refractivity contribution in [2.45, 2.75) is 44.7 Å². The smallest absolute Gasteiger partial charge is 0.300 e. The average molecular weight is 298 g/mol. The third-order valence-corrected chi connectivity index (χ3v) is 2.94. The number of amides is 1. The highest BCUT2D eigenvalue weighted by Gasteiger charge is 2.40. The number of rotatable bonds is 2. The van der Waals surface area contributed by atoms with E-state index in [1.165, 1.54) is 6.92 Å². The fourth-order valence-electron chi connectivity index (χ4n) is 1.93. The molecule has 1 amide bonds. The number of hydrogen-bond donors (Lipinski definition) is 2. The SMILES string of the molecule is CCN=C(N(C)NC(=O)[C@@H]1C[C@@H](F)[C@H](C)N1)C(F)(F)F. The van der Waals surface area contributed by atoms with Crippen LogP contribution in [0.15, 0.2) is 4.99 Å². The second kappa shape index (κ2) is 6.38. The number of alkyl halides is 4. The number of halogens is 4. The summed E-state index contributed by atoms with van der Waals surface area (Å²) in [6.45, 7) is 2.96. The van der Waals surface area contributed by atoms with E-state index < -0.39 is 36.2 Å². The highest BCUT2D eigenvalue weighted by molar-refractivity contribution is 5.90. The summed E-state index contributed by atoms with van der Waals surface area (Å²) in [5.74, 6) is -1.91. The molecule has 0 spiro atoms. The topological polar surface area (TPSA) is 56.7 Å². The number of aliphatic imine (C=N–C) groups is 1. The number of amidine groups is 1.